The minimum atomic E-state index is 0.319. The molecule has 5 heteroatoms. The van der Waals surface area contributed by atoms with Crippen LogP contribution in [0, 0.1) is 18.3 Å². The van der Waals surface area contributed by atoms with Crippen LogP contribution in [0.15, 0.2) is 29.4 Å². The molecular formula is C19H22N4S. The van der Waals surface area contributed by atoms with E-state index in [4.69, 9.17) is 10.7 Å². The van der Waals surface area contributed by atoms with Crippen molar-refractivity contribution in [2.75, 3.05) is 5.73 Å². The maximum Gasteiger partial charge on any atom is 0.190 e. The third kappa shape index (κ3) is 3.88. The number of aryl methyl sites for hydroxylation is 1. The van der Waals surface area contributed by atoms with Crippen LogP contribution in [0.1, 0.15) is 60.4 Å². The molecule has 0 atom stereocenters. The summed E-state index contributed by atoms with van der Waals surface area (Å²) in [5, 5.41) is 10.1. The molecule has 1 saturated carbocycles. The highest BCUT2D eigenvalue weighted by molar-refractivity contribution is 7.98. The molecule has 0 bridgehead atoms. The number of benzene rings is 1. The summed E-state index contributed by atoms with van der Waals surface area (Å²) >= 11 is 1.58. The van der Waals surface area contributed by atoms with Crippen molar-refractivity contribution < 1.29 is 0 Å². The average Bonchev–Trinajstić information content (AvgIpc) is 2.61. The summed E-state index contributed by atoms with van der Waals surface area (Å²) in [6, 6.07) is 10.7. The van der Waals surface area contributed by atoms with Gasteiger partial charge in [0.2, 0.25) is 0 Å². The fourth-order valence-electron chi connectivity index (χ4n) is 3.16. The predicted octanol–water partition coefficient (Wildman–Crippen LogP) is 4.58. The van der Waals surface area contributed by atoms with E-state index in [-0.39, 0.29) is 0 Å². The minimum Gasteiger partial charge on any atom is -0.382 e. The van der Waals surface area contributed by atoms with Gasteiger partial charge in [-0.15, -0.1) is 0 Å². The van der Waals surface area contributed by atoms with E-state index in [1.165, 1.54) is 30.4 Å². The lowest BCUT2D eigenvalue weighted by atomic mass is 9.85. The van der Waals surface area contributed by atoms with Gasteiger partial charge in [-0.1, -0.05) is 60.9 Å². The number of nitriles is 1. The average molecular weight is 338 g/mol. The Morgan fingerprint density at radius 2 is 1.88 bits per heavy atom. The summed E-state index contributed by atoms with van der Waals surface area (Å²) in [5.41, 5.74) is 9.86. The van der Waals surface area contributed by atoms with Crippen LogP contribution >= 0.6 is 11.8 Å². The van der Waals surface area contributed by atoms with Gasteiger partial charge in [-0.05, 0) is 25.3 Å². The number of hydrogen-bond acceptors (Lipinski definition) is 5. The van der Waals surface area contributed by atoms with Crippen LogP contribution in [0.4, 0.5) is 5.82 Å². The second kappa shape index (κ2) is 7.67. The fraction of sp³-hybridized carbons (Fsp3) is 0.421. The zero-order chi connectivity index (χ0) is 16.9. The molecule has 0 spiro atoms. The van der Waals surface area contributed by atoms with Gasteiger partial charge in [0.25, 0.3) is 0 Å². The van der Waals surface area contributed by atoms with E-state index >= 15 is 0 Å². The first kappa shape index (κ1) is 16.8. The van der Waals surface area contributed by atoms with Crippen molar-refractivity contribution in [2.45, 2.75) is 55.9 Å². The summed E-state index contributed by atoms with van der Waals surface area (Å²) in [6.45, 7) is 2.08. The van der Waals surface area contributed by atoms with Crippen molar-refractivity contribution in [1.82, 2.24) is 9.97 Å². The van der Waals surface area contributed by atoms with Crippen molar-refractivity contribution in [3.05, 3.63) is 46.6 Å². The molecule has 4 nitrogen and oxygen atoms in total. The van der Waals surface area contributed by atoms with E-state index in [2.05, 4.69) is 42.2 Å². The third-order valence-corrected chi connectivity index (χ3v) is 5.46. The molecule has 2 N–H and O–H groups in total. The van der Waals surface area contributed by atoms with Gasteiger partial charge in [-0.2, -0.15) is 5.26 Å². The molecule has 0 unspecified atom stereocenters. The highest BCUT2D eigenvalue weighted by Gasteiger charge is 2.23. The molecule has 0 saturated heterocycles. The number of nitrogens with zero attached hydrogens (tertiary/aromatic N) is 3. The topological polar surface area (TPSA) is 75.6 Å². The van der Waals surface area contributed by atoms with E-state index in [9.17, 15) is 5.26 Å². The molecule has 2 aromatic rings. The Hall–Kier alpha value is -2.06. The van der Waals surface area contributed by atoms with Crippen molar-refractivity contribution in [3.8, 4) is 6.07 Å². The van der Waals surface area contributed by atoms with Crippen LogP contribution in [0.3, 0.4) is 0 Å². The van der Waals surface area contributed by atoms with Gasteiger partial charge in [-0.25, -0.2) is 9.97 Å². The maximum atomic E-state index is 9.44. The molecule has 1 aliphatic rings. The quantitative estimate of drug-likeness (QED) is 0.652. The number of aromatic nitrogens is 2. The van der Waals surface area contributed by atoms with E-state index < -0.39 is 0 Å². The van der Waals surface area contributed by atoms with Crippen LogP contribution in [0.25, 0.3) is 0 Å². The lowest BCUT2D eigenvalue weighted by Gasteiger charge is -2.22. The second-order valence-electron chi connectivity index (χ2n) is 6.37. The summed E-state index contributed by atoms with van der Waals surface area (Å²) in [5.74, 6) is 1.47. The molecule has 0 aliphatic heterocycles. The Labute approximate surface area is 147 Å². The maximum absolute atomic E-state index is 9.44. The first-order valence-electron chi connectivity index (χ1n) is 8.43. The zero-order valence-corrected chi connectivity index (χ0v) is 14.8. The van der Waals surface area contributed by atoms with Crippen molar-refractivity contribution in [3.63, 3.8) is 0 Å². The van der Waals surface area contributed by atoms with Crippen LogP contribution in [0.2, 0.25) is 0 Å². The van der Waals surface area contributed by atoms with Gasteiger partial charge < -0.3 is 5.73 Å². The molecule has 1 aromatic heterocycles. The summed E-state index contributed by atoms with van der Waals surface area (Å²) in [4.78, 5) is 9.05. The highest BCUT2D eigenvalue weighted by Crippen LogP contribution is 2.35. The SMILES string of the molecule is Cc1ccc(CSc2nc(N)c(C#N)c(C3CCCCC3)n2)cc1. The zero-order valence-electron chi connectivity index (χ0n) is 14.0. The van der Waals surface area contributed by atoms with Crippen LogP contribution in [0.5, 0.6) is 0 Å². The molecule has 1 aliphatic carbocycles. The molecular weight excluding hydrogens is 316 g/mol. The van der Waals surface area contributed by atoms with Crippen molar-refractivity contribution in [1.29, 1.82) is 5.26 Å². The van der Waals surface area contributed by atoms with Gasteiger partial charge in [0, 0.05) is 11.7 Å². The normalized spacial score (nSPS) is 15.2. The number of nitrogens with two attached hydrogens (primary N) is 1. The molecule has 1 fully saturated rings. The van der Waals surface area contributed by atoms with Crippen LogP contribution in [-0.2, 0) is 5.75 Å². The summed E-state index contributed by atoms with van der Waals surface area (Å²) in [6.07, 6.45) is 5.85. The van der Waals surface area contributed by atoms with Crippen molar-refractivity contribution in [2.24, 2.45) is 0 Å². The number of thioether (sulfide) groups is 1. The first-order valence-corrected chi connectivity index (χ1v) is 9.42. The smallest absolute Gasteiger partial charge is 0.190 e. The van der Waals surface area contributed by atoms with E-state index in [0.29, 0.717) is 22.5 Å². The Kier molecular flexibility index (Phi) is 5.37. The molecule has 1 aromatic carbocycles. The van der Waals surface area contributed by atoms with Gasteiger partial charge in [-0.3, -0.25) is 0 Å². The van der Waals surface area contributed by atoms with Gasteiger partial charge in [0.05, 0.1) is 5.69 Å². The monoisotopic (exact) mass is 338 g/mol. The van der Waals surface area contributed by atoms with Gasteiger partial charge in [0.15, 0.2) is 5.16 Å². The Morgan fingerprint density at radius 1 is 1.17 bits per heavy atom. The molecule has 124 valence electrons. The highest BCUT2D eigenvalue weighted by atomic mass is 32.2. The minimum absolute atomic E-state index is 0.319. The van der Waals surface area contributed by atoms with E-state index in [0.717, 1.165) is 24.3 Å². The van der Waals surface area contributed by atoms with Crippen LogP contribution in [-0.4, -0.2) is 9.97 Å². The lowest BCUT2D eigenvalue weighted by molar-refractivity contribution is 0.433. The molecule has 0 amide bonds. The largest absolute Gasteiger partial charge is 0.382 e. The Bertz CT molecular complexity index is 743. The summed E-state index contributed by atoms with van der Waals surface area (Å²) in [7, 11) is 0. The first-order chi connectivity index (χ1) is 11.7. The number of hydrogen-bond donors (Lipinski definition) is 1. The van der Waals surface area contributed by atoms with Gasteiger partial charge in [0.1, 0.15) is 17.5 Å². The summed E-state index contributed by atoms with van der Waals surface area (Å²) < 4.78 is 0. The van der Waals surface area contributed by atoms with Crippen molar-refractivity contribution >= 4 is 17.6 Å². The predicted molar refractivity (Wildman–Crippen MR) is 97.7 cm³/mol. The van der Waals surface area contributed by atoms with Crippen LogP contribution < -0.4 is 5.73 Å². The number of rotatable bonds is 4. The Morgan fingerprint density at radius 3 is 2.54 bits per heavy atom. The molecule has 0 radical (unpaired) electrons. The van der Waals surface area contributed by atoms with E-state index in [1.807, 2.05) is 0 Å². The van der Waals surface area contributed by atoms with E-state index in [1.54, 1.807) is 11.8 Å². The van der Waals surface area contributed by atoms with Gasteiger partial charge >= 0.3 is 0 Å². The number of nitrogen functional groups attached to an aromatic ring is 1. The number of anilines is 1. The molecule has 24 heavy (non-hydrogen) atoms. The molecule has 3 rings (SSSR count). The third-order valence-electron chi connectivity index (χ3n) is 4.54. The Balaban J connectivity index is 1.81. The second-order valence-corrected chi connectivity index (χ2v) is 7.32. The molecule has 1 heterocycles. The fourth-order valence-corrected chi connectivity index (χ4v) is 3.97. The standard InChI is InChI=1S/C19H22N4S/c1-13-7-9-14(10-8-13)12-24-19-22-17(15-5-3-2-4-6-15)16(11-20)18(21)23-19/h7-10,15H,2-6,12H2,1H3,(H2,21,22,23). The lowest BCUT2D eigenvalue weighted by Crippen LogP contribution is -2.12.